The van der Waals surface area contributed by atoms with Gasteiger partial charge in [0.25, 0.3) is 0 Å². The first kappa shape index (κ1) is 14.0. The Hall–Kier alpha value is -0.420. The second-order valence-corrected chi connectivity index (χ2v) is 6.12. The largest absolute Gasteiger partial charge is 0.389 e. The lowest BCUT2D eigenvalue weighted by Gasteiger charge is -2.34. The number of rotatable bonds is 6. The number of aliphatic hydroxyl groups excluding tert-OH is 1. The van der Waals surface area contributed by atoms with Gasteiger partial charge >= 0.3 is 0 Å². The molecule has 1 saturated heterocycles. The molecule has 4 heteroatoms. The van der Waals surface area contributed by atoms with Crippen LogP contribution in [-0.2, 0) is 11.3 Å². The lowest BCUT2D eigenvalue weighted by Crippen LogP contribution is -2.43. The number of thiophene rings is 1. The highest BCUT2D eigenvalue weighted by Gasteiger charge is 2.20. The number of aliphatic hydroxyl groups is 1. The van der Waals surface area contributed by atoms with Gasteiger partial charge in [-0.1, -0.05) is 12.5 Å². The molecule has 1 fully saturated rings. The van der Waals surface area contributed by atoms with E-state index < -0.39 is 0 Å². The summed E-state index contributed by atoms with van der Waals surface area (Å²) in [6, 6.07) is 4.68. The minimum Gasteiger partial charge on any atom is -0.389 e. The molecule has 0 spiro atoms. The average Bonchev–Trinajstić information content (AvgIpc) is 2.85. The van der Waals surface area contributed by atoms with E-state index in [9.17, 15) is 5.11 Å². The van der Waals surface area contributed by atoms with Crippen molar-refractivity contribution in [1.29, 1.82) is 0 Å². The summed E-state index contributed by atoms with van der Waals surface area (Å²) in [6.07, 6.45) is 3.46. The molecule has 0 bridgehead atoms. The van der Waals surface area contributed by atoms with Crippen LogP contribution in [0, 0.1) is 0 Å². The van der Waals surface area contributed by atoms with Crippen LogP contribution in [0.5, 0.6) is 0 Å². The van der Waals surface area contributed by atoms with Crippen LogP contribution >= 0.6 is 11.3 Å². The van der Waals surface area contributed by atoms with E-state index in [0.717, 1.165) is 13.1 Å². The van der Waals surface area contributed by atoms with Crippen LogP contribution in [0.15, 0.2) is 17.5 Å². The topological polar surface area (TPSA) is 32.7 Å². The number of hydrogen-bond acceptors (Lipinski definition) is 4. The van der Waals surface area contributed by atoms with Crippen molar-refractivity contribution in [3.05, 3.63) is 22.4 Å². The van der Waals surface area contributed by atoms with Crippen molar-refractivity contribution < 1.29 is 9.84 Å². The minimum absolute atomic E-state index is 0.370. The molecule has 1 N–H and O–H groups in total. The highest BCUT2D eigenvalue weighted by atomic mass is 32.1. The van der Waals surface area contributed by atoms with Gasteiger partial charge in [-0.15, -0.1) is 11.3 Å². The van der Waals surface area contributed by atoms with Crippen molar-refractivity contribution in [2.75, 3.05) is 19.7 Å². The summed E-state index contributed by atoms with van der Waals surface area (Å²) >= 11 is 1.69. The zero-order valence-electron chi connectivity index (χ0n) is 11.0. The second-order valence-electron chi connectivity index (χ2n) is 5.09. The summed E-state index contributed by atoms with van der Waals surface area (Å²) in [5.74, 6) is 0. The monoisotopic (exact) mass is 269 g/mol. The Bertz CT molecular complexity index is 329. The van der Waals surface area contributed by atoms with Crippen LogP contribution in [0.4, 0.5) is 0 Å². The molecule has 1 aliphatic rings. The maximum atomic E-state index is 9.98. The zero-order chi connectivity index (χ0) is 12.8. The van der Waals surface area contributed by atoms with Gasteiger partial charge in [0.05, 0.1) is 19.3 Å². The normalized spacial score (nSPS) is 23.1. The van der Waals surface area contributed by atoms with Crippen molar-refractivity contribution in [3.8, 4) is 0 Å². The number of hydrogen-bond donors (Lipinski definition) is 1. The van der Waals surface area contributed by atoms with Crippen molar-refractivity contribution in [3.63, 3.8) is 0 Å². The van der Waals surface area contributed by atoms with Gasteiger partial charge in [0.2, 0.25) is 0 Å². The van der Waals surface area contributed by atoms with Gasteiger partial charge < -0.3 is 9.84 Å². The molecular formula is C14H23NO2S. The van der Waals surface area contributed by atoms with Crippen molar-refractivity contribution in [1.82, 2.24) is 4.90 Å². The lowest BCUT2D eigenvalue weighted by atomic mass is 10.0. The first-order valence-electron chi connectivity index (χ1n) is 6.78. The Morgan fingerprint density at radius 1 is 1.56 bits per heavy atom. The Kier molecular flexibility index (Phi) is 5.63. The molecule has 0 radical (unpaired) electrons. The molecule has 1 aliphatic heterocycles. The Morgan fingerprint density at radius 3 is 3.17 bits per heavy atom. The van der Waals surface area contributed by atoms with E-state index in [2.05, 4.69) is 17.9 Å². The summed E-state index contributed by atoms with van der Waals surface area (Å²) < 4.78 is 5.55. The molecule has 2 heterocycles. The van der Waals surface area contributed by atoms with Crippen LogP contribution in [0.3, 0.4) is 0 Å². The zero-order valence-corrected chi connectivity index (χ0v) is 11.9. The summed E-state index contributed by atoms with van der Waals surface area (Å²) in [6.45, 7) is 5.15. The highest BCUT2D eigenvalue weighted by molar-refractivity contribution is 7.09. The maximum Gasteiger partial charge on any atom is 0.0900 e. The molecule has 18 heavy (non-hydrogen) atoms. The molecule has 0 aliphatic carbocycles. The fourth-order valence-electron chi connectivity index (χ4n) is 2.44. The number of β-amino-alcohol motifs (C(OH)–C–C–N with tert-alkyl or cyclic N) is 1. The van der Waals surface area contributed by atoms with Crippen LogP contribution in [0.1, 0.15) is 31.1 Å². The molecule has 1 aromatic heterocycles. The van der Waals surface area contributed by atoms with Crippen LogP contribution in [0.25, 0.3) is 0 Å². The summed E-state index contributed by atoms with van der Waals surface area (Å²) in [5.41, 5.74) is 0. The third-order valence-corrected chi connectivity index (χ3v) is 4.37. The van der Waals surface area contributed by atoms with E-state index in [1.165, 1.54) is 24.1 Å². The third kappa shape index (κ3) is 4.35. The minimum atomic E-state index is -0.370. The van der Waals surface area contributed by atoms with Gasteiger partial charge in [0.15, 0.2) is 0 Å². The second kappa shape index (κ2) is 7.24. The fraction of sp³-hybridized carbons (Fsp3) is 0.714. The van der Waals surface area contributed by atoms with Gasteiger partial charge in [0.1, 0.15) is 0 Å². The van der Waals surface area contributed by atoms with Gasteiger partial charge in [-0.2, -0.15) is 0 Å². The average molecular weight is 269 g/mol. The van der Waals surface area contributed by atoms with Crippen LogP contribution < -0.4 is 0 Å². The van der Waals surface area contributed by atoms with E-state index in [0.29, 0.717) is 19.3 Å². The Morgan fingerprint density at radius 2 is 2.44 bits per heavy atom. The van der Waals surface area contributed by atoms with E-state index in [-0.39, 0.29) is 6.10 Å². The first-order chi connectivity index (χ1) is 8.75. The van der Waals surface area contributed by atoms with Gasteiger partial charge in [-0.05, 0) is 37.8 Å². The number of nitrogens with zero attached hydrogens (tertiary/aromatic N) is 1. The molecule has 0 aromatic carbocycles. The number of piperidine rings is 1. The van der Waals surface area contributed by atoms with Crippen molar-refractivity contribution in [2.24, 2.45) is 0 Å². The van der Waals surface area contributed by atoms with E-state index in [1.54, 1.807) is 11.3 Å². The Labute approximate surface area is 113 Å². The predicted molar refractivity (Wildman–Crippen MR) is 74.9 cm³/mol. The summed E-state index contributed by atoms with van der Waals surface area (Å²) in [5, 5.41) is 12.0. The summed E-state index contributed by atoms with van der Waals surface area (Å²) in [4.78, 5) is 3.59. The molecule has 0 unspecified atom stereocenters. The number of ether oxygens (including phenoxy) is 1. The molecule has 2 rings (SSSR count). The van der Waals surface area contributed by atoms with Gasteiger partial charge in [-0.25, -0.2) is 0 Å². The maximum absolute atomic E-state index is 9.98. The Balaban J connectivity index is 1.63. The third-order valence-electron chi connectivity index (χ3n) is 3.52. The SMILES string of the molecule is C[C@H]1CCCCN1C[C@@H](O)COCc1cccs1. The molecule has 0 saturated carbocycles. The summed E-state index contributed by atoms with van der Waals surface area (Å²) in [7, 11) is 0. The van der Waals surface area contributed by atoms with Gasteiger partial charge in [-0.3, -0.25) is 4.90 Å². The van der Waals surface area contributed by atoms with Crippen molar-refractivity contribution >= 4 is 11.3 Å². The molecular weight excluding hydrogens is 246 g/mol. The molecule has 1 aromatic rings. The van der Waals surface area contributed by atoms with E-state index in [1.807, 2.05) is 11.4 Å². The molecule has 2 atom stereocenters. The van der Waals surface area contributed by atoms with E-state index in [4.69, 9.17) is 4.74 Å². The van der Waals surface area contributed by atoms with Gasteiger partial charge in [0, 0.05) is 17.5 Å². The molecule has 102 valence electrons. The molecule has 0 amide bonds. The molecule has 3 nitrogen and oxygen atoms in total. The first-order valence-corrected chi connectivity index (χ1v) is 7.66. The lowest BCUT2D eigenvalue weighted by molar-refractivity contribution is -0.000741. The predicted octanol–water partition coefficient (Wildman–Crippen LogP) is 2.50. The number of likely N-dealkylation sites (tertiary alicyclic amines) is 1. The van der Waals surface area contributed by atoms with Crippen molar-refractivity contribution in [2.45, 2.75) is 44.9 Å². The quantitative estimate of drug-likeness (QED) is 0.861. The van der Waals surface area contributed by atoms with Crippen LogP contribution in [0.2, 0.25) is 0 Å². The standard InChI is InChI=1S/C14H23NO2S/c1-12-5-2-3-7-15(12)9-13(16)10-17-11-14-6-4-8-18-14/h4,6,8,12-13,16H,2-3,5,7,9-11H2,1H3/t12-,13+/m0/s1. The highest BCUT2D eigenvalue weighted by Crippen LogP contribution is 2.16. The fourth-order valence-corrected chi connectivity index (χ4v) is 3.08. The van der Waals surface area contributed by atoms with Crippen LogP contribution in [-0.4, -0.2) is 41.8 Å². The smallest absolute Gasteiger partial charge is 0.0900 e. The van der Waals surface area contributed by atoms with E-state index >= 15 is 0 Å².